The monoisotopic (exact) mass is 435 g/mol. The highest BCUT2D eigenvalue weighted by molar-refractivity contribution is 5.79. The summed E-state index contributed by atoms with van der Waals surface area (Å²) in [4.78, 5) is 24.9. The number of carbonyl (C=O) groups excluding carboxylic acids is 1. The third-order valence-electron chi connectivity index (χ3n) is 5.72. The Morgan fingerprint density at radius 1 is 1.19 bits per heavy atom. The summed E-state index contributed by atoms with van der Waals surface area (Å²) >= 11 is 0. The normalized spacial score (nSPS) is 16.1. The topological polar surface area (TPSA) is 75.5 Å². The van der Waals surface area contributed by atoms with E-state index in [4.69, 9.17) is 0 Å². The van der Waals surface area contributed by atoms with E-state index in [1.807, 2.05) is 38.1 Å². The van der Waals surface area contributed by atoms with E-state index in [1.54, 1.807) is 4.90 Å². The first kappa shape index (κ1) is 22.6. The first-order valence-electron chi connectivity index (χ1n) is 10.0. The highest BCUT2D eigenvalue weighted by Crippen LogP contribution is 2.37. The van der Waals surface area contributed by atoms with Crippen molar-refractivity contribution < 1.29 is 22.9 Å². The van der Waals surface area contributed by atoms with E-state index >= 15 is 0 Å². The minimum absolute atomic E-state index is 0.0858. The van der Waals surface area contributed by atoms with Gasteiger partial charge in [0.1, 0.15) is 5.69 Å². The average Bonchev–Trinajstić information content (AvgIpc) is 2.73. The summed E-state index contributed by atoms with van der Waals surface area (Å²) in [5, 5.41) is 14.4. The maximum atomic E-state index is 12.9. The molecule has 0 aliphatic carbocycles. The van der Waals surface area contributed by atoms with Crippen molar-refractivity contribution in [3.05, 3.63) is 69.3 Å². The minimum Gasteiger partial charge on any atom is -0.366 e. The van der Waals surface area contributed by atoms with E-state index in [0.29, 0.717) is 32.0 Å². The number of anilines is 1. The van der Waals surface area contributed by atoms with Crippen molar-refractivity contribution in [2.75, 3.05) is 18.0 Å². The number of amides is 1. The van der Waals surface area contributed by atoms with E-state index in [-0.39, 0.29) is 23.6 Å². The third kappa shape index (κ3) is 5.15. The molecule has 3 rings (SSSR count). The van der Waals surface area contributed by atoms with E-state index in [0.717, 1.165) is 23.3 Å². The Morgan fingerprint density at radius 2 is 1.84 bits per heavy atom. The van der Waals surface area contributed by atoms with Gasteiger partial charge in [-0.05, 0) is 49.9 Å². The molecule has 2 aromatic carbocycles. The molecule has 0 radical (unpaired) electrons. The van der Waals surface area contributed by atoms with Crippen LogP contribution in [-0.4, -0.2) is 23.9 Å². The van der Waals surface area contributed by atoms with Crippen molar-refractivity contribution in [2.45, 2.75) is 38.9 Å². The molecule has 1 aliphatic rings. The molecule has 9 heteroatoms. The zero-order chi connectivity index (χ0) is 22.8. The molecule has 0 spiro atoms. The number of halogens is 3. The van der Waals surface area contributed by atoms with Gasteiger partial charge >= 0.3 is 6.18 Å². The second-order valence-corrected chi connectivity index (χ2v) is 7.81. The van der Waals surface area contributed by atoms with Crippen molar-refractivity contribution in [1.82, 2.24) is 5.32 Å². The maximum absolute atomic E-state index is 12.9. The summed E-state index contributed by atoms with van der Waals surface area (Å²) in [5.74, 6) is -0.339. The summed E-state index contributed by atoms with van der Waals surface area (Å²) in [6.07, 6.45) is -3.73. The SMILES string of the molecule is Cc1ccccc1C(C)NC(=O)C1CCN(c2ccc(C(F)(F)F)cc2[N+](=O)[O-])CC1. The number of carbonyl (C=O) groups is 1. The Kier molecular flexibility index (Phi) is 6.52. The van der Waals surface area contributed by atoms with Crippen LogP contribution in [0.5, 0.6) is 0 Å². The fraction of sp³-hybridized carbons (Fsp3) is 0.409. The number of piperidine rings is 1. The molecule has 1 heterocycles. The fourth-order valence-corrected chi connectivity index (χ4v) is 3.98. The molecule has 31 heavy (non-hydrogen) atoms. The molecule has 166 valence electrons. The minimum atomic E-state index is -4.65. The Morgan fingerprint density at radius 3 is 2.42 bits per heavy atom. The number of benzene rings is 2. The number of alkyl halides is 3. The molecule has 1 fully saturated rings. The summed E-state index contributed by atoms with van der Waals surface area (Å²) in [6, 6.07) is 10.2. The van der Waals surface area contributed by atoms with Crippen LogP contribution in [0.1, 0.15) is 42.5 Å². The van der Waals surface area contributed by atoms with Crippen molar-refractivity contribution in [3.8, 4) is 0 Å². The Labute approximate surface area is 178 Å². The summed E-state index contributed by atoms with van der Waals surface area (Å²) in [7, 11) is 0. The van der Waals surface area contributed by atoms with Crippen molar-refractivity contribution in [2.24, 2.45) is 5.92 Å². The van der Waals surface area contributed by atoms with Crippen LogP contribution in [0, 0.1) is 23.0 Å². The Balaban J connectivity index is 1.66. The van der Waals surface area contributed by atoms with Crippen LogP contribution in [0.25, 0.3) is 0 Å². The van der Waals surface area contributed by atoms with Gasteiger partial charge in [-0.2, -0.15) is 13.2 Å². The summed E-state index contributed by atoms with van der Waals surface area (Å²) < 4.78 is 38.7. The fourth-order valence-electron chi connectivity index (χ4n) is 3.98. The average molecular weight is 435 g/mol. The second kappa shape index (κ2) is 8.95. The van der Waals surface area contributed by atoms with Crippen molar-refractivity contribution in [1.29, 1.82) is 0 Å². The number of rotatable bonds is 5. The Bertz CT molecular complexity index is 970. The number of nitrogens with zero attached hydrogens (tertiary/aromatic N) is 2. The lowest BCUT2D eigenvalue weighted by atomic mass is 9.94. The van der Waals surface area contributed by atoms with Gasteiger partial charge in [0, 0.05) is 25.1 Å². The lowest BCUT2D eigenvalue weighted by Crippen LogP contribution is -2.41. The van der Waals surface area contributed by atoms with Gasteiger partial charge in [-0.3, -0.25) is 14.9 Å². The number of nitro groups is 1. The highest BCUT2D eigenvalue weighted by atomic mass is 19.4. The molecule has 1 saturated heterocycles. The second-order valence-electron chi connectivity index (χ2n) is 7.81. The molecule has 0 aromatic heterocycles. The maximum Gasteiger partial charge on any atom is 0.416 e. The molecular weight excluding hydrogens is 411 g/mol. The number of hydrogen-bond donors (Lipinski definition) is 1. The van der Waals surface area contributed by atoms with Gasteiger partial charge in [-0.1, -0.05) is 24.3 Å². The van der Waals surface area contributed by atoms with Crippen LogP contribution in [-0.2, 0) is 11.0 Å². The van der Waals surface area contributed by atoms with Gasteiger partial charge in [0.05, 0.1) is 16.5 Å². The molecule has 1 atom stereocenters. The zero-order valence-electron chi connectivity index (χ0n) is 17.3. The van der Waals surface area contributed by atoms with Crippen molar-refractivity contribution >= 4 is 17.3 Å². The zero-order valence-corrected chi connectivity index (χ0v) is 17.3. The van der Waals surface area contributed by atoms with Crippen LogP contribution < -0.4 is 10.2 Å². The predicted molar refractivity (Wildman–Crippen MR) is 111 cm³/mol. The van der Waals surface area contributed by atoms with Crippen LogP contribution in [0.15, 0.2) is 42.5 Å². The van der Waals surface area contributed by atoms with Crippen LogP contribution >= 0.6 is 0 Å². The van der Waals surface area contributed by atoms with Crippen LogP contribution in [0.4, 0.5) is 24.5 Å². The number of nitro benzene ring substituents is 1. The summed E-state index contributed by atoms with van der Waals surface area (Å²) in [6.45, 7) is 4.60. The molecule has 1 unspecified atom stereocenters. The first-order valence-corrected chi connectivity index (χ1v) is 10.0. The number of hydrogen-bond acceptors (Lipinski definition) is 4. The quantitative estimate of drug-likeness (QED) is 0.529. The van der Waals surface area contributed by atoms with Crippen molar-refractivity contribution in [3.63, 3.8) is 0 Å². The predicted octanol–water partition coefficient (Wildman–Crippen LogP) is 5.02. The van der Waals surface area contributed by atoms with Crippen LogP contribution in [0.3, 0.4) is 0 Å². The molecule has 2 aromatic rings. The molecular formula is C22H24F3N3O3. The van der Waals surface area contributed by atoms with Gasteiger partial charge in [-0.25, -0.2) is 0 Å². The summed E-state index contributed by atoms with van der Waals surface area (Å²) in [5.41, 5.74) is 0.631. The van der Waals surface area contributed by atoms with E-state index in [9.17, 15) is 28.1 Å². The smallest absolute Gasteiger partial charge is 0.366 e. The number of nitrogens with one attached hydrogen (secondary N) is 1. The molecule has 1 N–H and O–H groups in total. The lowest BCUT2D eigenvalue weighted by molar-refractivity contribution is -0.384. The molecule has 6 nitrogen and oxygen atoms in total. The van der Waals surface area contributed by atoms with E-state index in [2.05, 4.69) is 5.32 Å². The lowest BCUT2D eigenvalue weighted by Gasteiger charge is -2.33. The highest BCUT2D eigenvalue weighted by Gasteiger charge is 2.35. The largest absolute Gasteiger partial charge is 0.416 e. The van der Waals surface area contributed by atoms with E-state index in [1.165, 1.54) is 0 Å². The van der Waals surface area contributed by atoms with Gasteiger partial charge in [0.25, 0.3) is 5.69 Å². The molecule has 1 aliphatic heterocycles. The Hall–Kier alpha value is -3.10. The van der Waals surface area contributed by atoms with E-state index < -0.39 is 22.4 Å². The van der Waals surface area contributed by atoms with Crippen LogP contribution in [0.2, 0.25) is 0 Å². The molecule has 0 bridgehead atoms. The molecule has 1 amide bonds. The van der Waals surface area contributed by atoms with Gasteiger partial charge in [0.15, 0.2) is 0 Å². The van der Waals surface area contributed by atoms with Gasteiger partial charge < -0.3 is 10.2 Å². The first-order chi connectivity index (χ1) is 14.6. The molecule has 0 saturated carbocycles. The third-order valence-corrected chi connectivity index (χ3v) is 5.72. The standard InChI is InChI=1S/C22H24F3N3O3/c1-14-5-3-4-6-18(14)15(2)26-21(29)16-9-11-27(12-10-16)19-8-7-17(22(23,24)25)13-20(19)28(30)31/h3-8,13,15-16H,9-12H2,1-2H3,(H,26,29). The number of aryl methyl sites for hydroxylation is 1. The van der Waals surface area contributed by atoms with Gasteiger partial charge in [-0.15, -0.1) is 0 Å². The van der Waals surface area contributed by atoms with Gasteiger partial charge in [0.2, 0.25) is 5.91 Å².